The van der Waals surface area contributed by atoms with Crippen LogP contribution < -0.4 is 0 Å². The van der Waals surface area contributed by atoms with Crippen LogP contribution in [0, 0.1) is 5.92 Å². The average Bonchev–Trinajstić information content (AvgIpc) is 2.39. The smallest absolute Gasteiger partial charge is 0.317 e. The van der Waals surface area contributed by atoms with Gasteiger partial charge in [-0.25, -0.2) is 0 Å². The molecular formula is C18H37NO2. The lowest BCUT2D eigenvalue weighted by Crippen LogP contribution is -2.33. The Kier molecular flexibility index (Phi) is 14.0. The van der Waals surface area contributed by atoms with Gasteiger partial charge in [-0.05, 0) is 18.9 Å². The molecule has 0 unspecified atom stereocenters. The molecule has 0 atom stereocenters. The van der Waals surface area contributed by atoms with Crippen molar-refractivity contribution < 1.29 is 9.90 Å². The number of carboxylic acid groups (broad SMARTS) is 1. The third-order valence-corrected chi connectivity index (χ3v) is 3.81. The first-order chi connectivity index (χ1) is 10.1. The van der Waals surface area contributed by atoms with E-state index in [0.717, 1.165) is 19.5 Å². The maximum atomic E-state index is 10.8. The summed E-state index contributed by atoms with van der Waals surface area (Å²) in [7, 11) is 0. The van der Waals surface area contributed by atoms with Crippen molar-refractivity contribution >= 4 is 5.97 Å². The summed E-state index contributed by atoms with van der Waals surface area (Å²) in [5.41, 5.74) is 0. The van der Waals surface area contributed by atoms with Gasteiger partial charge in [-0.15, -0.1) is 0 Å². The predicted molar refractivity (Wildman–Crippen MR) is 90.8 cm³/mol. The van der Waals surface area contributed by atoms with E-state index in [1.165, 1.54) is 57.8 Å². The molecule has 0 fully saturated rings. The minimum absolute atomic E-state index is 0.190. The van der Waals surface area contributed by atoms with Gasteiger partial charge in [0.15, 0.2) is 0 Å². The summed E-state index contributed by atoms with van der Waals surface area (Å²) in [5.74, 6) is -0.171. The van der Waals surface area contributed by atoms with E-state index in [-0.39, 0.29) is 6.54 Å². The maximum absolute atomic E-state index is 10.8. The van der Waals surface area contributed by atoms with Gasteiger partial charge in [0.05, 0.1) is 6.54 Å². The van der Waals surface area contributed by atoms with E-state index in [4.69, 9.17) is 5.11 Å². The van der Waals surface area contributed by atoms with Crippen molar-refractivity contribution in [2.45, 2.75) is 85.0 Å². The van der Waals surface area contributed by atoms with Gasteiger partial charge in [0.25, 0.3) is 0 Å². The number of hydrogen-bond acceptors (Lipinski definition) is 2. The van der Waals surface area contributed by atoms with E-state index in [9.17, 15) is 4.79 Å². The van der Waals surface area contributed by atoms with Crippen LogP contribution in [0.2, 0.25) is 0 Å². The lowest BCUT2D eigenvalue weighted by atomic mass is 10.1. The van der Waals surface area contributed by atoms with E-state index < -0.39 is 5.97 Å². The summed E-state index contributed by atoms with van der Waals surface area (Å²) >= 11 is 0. The van der Waals surface area contributed by atoms with E-state index >= 15 is 0 Å². The molecule has 0 aromatic heterocycles. The monoisotopic (exact) mass is 299 g/mol. The molecule has 0 amide bonds. The van der Waals surface area contributed by atoms with Gasteiger partial charge >= 0.3 is 5.97 Å². The molecule has 0 aromatic rings. The van der Waals surface area contributed by atoms with Crippen molar-refractivity contribution in [1.82, 2.24) is 4.90 Å². The zero-order valence-corrected chi connectivity index (χ0v) is 14.6. The zero-order chi connectivity index (χ0) is 15.9. The van der Waals surface area contributed by atoms with Crippen LogP contribution in [0.15, 0.2) is 0 Å². The lowest BCUT2D eigenvalue weighted by Gasteiger charge is -2.22. The van der Waals surface area contributed by atoms with Crippen LogP contribution in [0.3, 0.4) is 0 Å². The molecule has 0 aliphatic carbocycles. The van der Waals surface area contributed by atoms with E-state index in [1.54, 1.807) is 0 Å². The summed E-state index contributed by atoms with van der Waals surface area (Å²) in [6.07, 6.45) is 13.3. The quantitative estimate of drug-likeness (QED) is 0.435. The summed E-state index contributed by atoms with van der Waals surface area (Å²) < 4.78 is 0. The summed E-state index contributed by atoms with van der Waals surface area (Å²) in [6.45, 7) is 8.56. The maximum Gasteiger partial charge on any atom is 0.317 e. The third kappa shape index (κ3) is 15.6. The van der Waals surface area contributed by atoms with E-state index in [2.05, 4.69) is 25.7 Å². The Morgan fingerprint density at radius 1 is 0.905 bits per heavy atom. The minimum atomic E-state index is -0.706. The van der Waals surface area contributed by atoms with Gasteiger partial charge in [0, 0.05) is 6.54 Å². The first-order valence-corrected chi connectivity index (χ1v) is 9.00. The highest BCUT2D eigenvalue weighted by Gasteiger charge is 2.10. The van der Waals surface area contributed by atoms with Crippen molar-refractivity contribution in [3.8, 4) is 0 Å². The summed E-state index contributed by atoms with van der Waals surface area (Å²) in [4.78, 5) is 12.9. The Hall–Kier alpha value is -0.570. The Labute approximate surface area is 132 Å². The molecular weight excluding hydrogens is 262 g/mol. The average molecular weight is 299 g/mol. The SMILES string of the molecule is CCCCCCCCCCCCN(CC(=O)O)CC(C)C. The molecule has 0 spiro atoms. The minimum Gasteiger partial charge on any atom is -0.480 e. The van der Waals surface area contributed by atoms with E-state index in [0.29, 0.717) is 5.92 Å². The van der Waals surface area contributed by atoms with Crippen molar-refractivity contribution in [2.24, 2.45) is 5.92 Å². The molecule has 0 bridgehead atoms. The molecule has 0 rings (SSSR count). The normalized spacial score (nSPS) is 11.5. The highest BCUT2D eigenvalue weighted by molar-refractivity contribution is 5.69. The highest BCUT2D eigenvalue weighted by atomic mass is 16.4. The van der Waals surface area contributed by atoms with Crippen molar-refractivity contribution in [1.29, 1.82) is 0 Å². The Balaban J connectivity index is 3.46. The summed E-state index contributed by atoms with van der Waals surface area (Å²) in [6, 6.07) is 0. The van der Waals surface area contributed by atoms with Gasteiger partial charge < -0.3 is 5.11 Å². The predicted octanol–water partition coefficient (Wildman–Crippen LogP) is 4.95. The van der Waals surface area contributed by atoms with Crippen molar-refractivity contribution in [2.75, 3.05) is 19.6 Å². The van der Waals surface area contributed by atoms with Crippen molar-refractivity contribution in [3.63, 3.8) is 0 Å². The number of rotatable bonds is 15. The third-order valence-electron chi connectivity index (χ3n) is 3.81. The fourth-order valence-corrected chi connectivity index (χ4v) is 2.77. The molecule has 3 heteroatoms. The summed E-state index contributed by atoms with van der Waals surface area (Å²) in [5, 5.41) is 8.92. The molecule has 3 nitrogen and oxygen atoms in total. The fraction of sp³-hybridized carbons (Fsp3) is 0.944. The number of carboxylic acids is 1. The number of hydrogen-bond donors (Lipinski definition) is 1. The fourth-order valence-electron chi connectivity index (χ4n) is 2.77. The molecule has 126 valence electrons. The molecule has 1 N–H and O–H groups in total. The molecule has 0 aliphatic rings. The first-order valence-electron chi connectivity index (χ1n) is 9.00. The number of nitrogens with zero attached hydrogens (tertiary/aromatic N) is 1. The Morgan fingerprint density at radius 2 is 1.38 bits per heavy atom. The van der Waals surface area contributed by atoms with Crippen LogP contribution in [-0.4, -0.2) is 35.6 Å². The second-order valence-electron chi connectivity index (χ2n) is 6.70. The first kappa shape index (κ1) is 20.4. The van der Waals surface area contributed by atoms with Gasteiger partial charge in [-0.2, -0.15) is 0 Å². The van der Waals surface area contributed by atoms with Crippen LogP contribution in [0.4, 0.5) is 0 Å². The molecule has 0 saturated heterocycles. The Bertz CT molecular complexity index is 241. The van der Waals surface area contributed by atoms with Gasteiger partial charge in [0.2, 0.25) is 0 Å². The molecule has 0 radical (unpaired) electrons. The van der Waals surface area contributed by atoms with E-state index in [1.807, 2.05) is 0 Å². The van der Waals surface area contributed by atoms with Crippen molar-refractivity contribution in [3.05, 3.63) is 0 Å². The topological polar surface area (TPSA) is 40.5 Å². The van der Waals surface area contributed by atoms with Gasteiger partial charge in [-0.1, -0.05) is 78.6 Å². The second kappa shape index (κ2) is 14.4. The highest BCUT2D eigenvalue weighted by Crippen LogP contribution is 2.11. The molecule has 0 aromatic carbocycles. The number of aliphatic carboxylic acids is 1. The molecule has 0 aliphatic heterocycles. The van der Waals surface area contributed by atoms with Gasteiger partial charge in [-0.3, -0.25) is 9.69 Å². The van der Waals surface area contributed by atoms with Gasteiger partial charge in [0.1, 0.15) is 0 Å². The molecule has 0 heterocycles. The molecule has 21 heavy (non-hydrogen) atoms. The van der Waals surface area contributed by atoms with Crippen LogP contribution in [0.5, 0.6) is 0 Å². The van der Waals surface area contributed by atoms with Crippen LogP contribution in [0.1, 0.15) is 85.0 Å². The number of carbonyl (C=O) groups is 1. The second-order valence-corrected chi connectivity index (χ2v) is 6.70. The zero-order valence-electron chi connectivity index (χ0n) is 14.6. The largest absolute Gasteiger partial charge is 0.480 e. The van der Waals surface area contributed by atoms with Crippen LogP contribution in [-0.2, 0) is 4.79 Å². The molecule has 0 saturated carbocycles. The van der Waals surface area contributed by atoms with Crippen LogP contribution in [0.25, 0.3) is 0 Å². The Morgan fingerprint density at radius 3 is 1.81 bits per heavy atom. The lowest BCUT2D eigenvalue weighted by molar-refractivity contribution is -0.138. The van der Waals surface area contributed by atoms with Crippen LogP contribution >= 0.6 is 0 Å². The standard InChI is InChI=1S/C18H37NO2/c1-4-5-6-7-8-9-10-11-12-13-14-19(15-17(2)3)16-18(20)21/h17H,4-16H2,1-3H3,(H,20,21). The number of unbranched alkanes of at least 4 members (excludes halogenated alkanes) is 9.